The third kappa shape index (κ3) is 2.27. The third-order valence-corrected chi connectivity index (χ3v) is 3.91. The number of fused-ring (bicyclic) bond motifs is 1. The van der Waals surface area contributed by atoms with E-state index in [1.54, 1.807) is 6.07 Å². The molecule has 0 spiro atoms. The molecule has 0 aliphatic heterocycles. The minimum Gasteiger partial charge on any atom is -0.346 e. The van der Waals surface area contributed by atoms with Crippen molar-refractivity contribution in [3.8, 4) is 0 Å². The lowest BCUT2D eigenvalue weighted by atomic mass is 10.2. The maximum absolute atomic E-state index is 13.5. The standard InChI is InChI=1S/C15H19FN2/c1-11(12-5-6-12)17-8-10-18-9-7-13-14(16)3-2-4-15(13)18/h2-4,7,9,11-12,17H,5-6,8,10H2,1H3. The van der Waals surface area contributed by atoms with E-state index in [1.807, 2.05) is 18.3 Å². The second kappa shape index (κ2) is 4.73. The zero-order valence-corrected chi connectivity index (χ0v) is 10.7. The van der Waals surface area contributed by atoms with Gasteiger partial charge in [0.25, 0.3) is 0 Å². The minimum absolute atomic E-state index is 0.134. The van der Waals surface area contributed by atoms with E-state index in [0.717, 1.165) is 24.5 Å². The van der Waals surface area contributed by atoms with Gasteiger partial charge in [0.1, 0.15) is 5.82 Å². The molecule has 1 aromatic carbocycles. The van der Waals surface area contributed by atoms with Crippen LogP contribution < -0.4 is 5.32 Å². The number of aromatic nitrogens is 1. The Morgan fingerprint density at radius 2 is 2.22 bits per heavy atom. The molecular weight excluding hydrogens is 227 g/mol. The van der Waals surface area contributed by atoms with Crippen molar-refractivity contribution in [2.75, 3.05) is 6.54 Å². The van der Waals surface area contributed by atoms with Crippen LogP contribution in [0, 0.1) is 11.7 Å². The van der Waals surface area contributed by atoms with Crippen molar-refractivity contribution in [3.63, 3.8) is 0 Å². The SMILES string of the molecule is CC(NCCn1ccc2c(F)cccc21)C1CC1. The normalized spacial score (nSPS) is 17.2. The maximum Gasteiger partial charge on any atom is 0.132 e. The summed E-state index contributed by atoms with van der Waals surface area (Å²) in [5.41, 5.74) is 0.982. The molecule has 1 N–H and O–H groups in total. The smallest absolute Gasteiger partial charge is 0.132 e. The van der Waals surface area contributed by atoms with Gasteiger partial charge >= 0.3 is 0 Å². The average molecular weight is 246 g/mol. The lowest BCUT2D eigenvalue weighted by Crippen LogP contribution is -2.30. The van der Waals surface area contributed by atoms with Crippen molar-refractivity contribution in [2.24, 2.45) is 5.92 Å². The van der Waals surface area contributed by atoms with Gasteiger partial charge in [-0.1, -0.05) is 6.07 Å². The van der Waals surface area contributed by atoms with E-state index >= 15 is 0 Å². The molecule has 1 aromatic heterocycles. The molecule has 1 atom stereocenters. The Labute approximate surface area is 107 Å². The number of nitrogens with one attached hydrogen (secondary N) is 1. The largest absolute Gasteiger partial charge is 0.346 e. The van der Waals surface area contributed by atoms with Crippen LogP contribution >= 0.6 is 0 Å². The first-order valence-electron chi connectivity index (χ1n) is 6.72. The predicted molar refractivity (Wildman–Crippen MR) is 72.1 cm³/mol. The molecule has 2 aromatic rings. The van der Waals surface area contributed by atoms with Gasteiger partial charge in [-0.25, -0.2) is 4.39 Å². The van der Waals surface area contributed by atoms with E-state index in [-0.39, 0.29) is 5.82 Å². The monoisotopic (exact) mass is 246 g/mol. The molecule has 1 aliphatic rings. The van der Waals surface area contributed by atoms with Gasteiger partial charge in [0.05, 0.1) is 5.52 Å². The van der Waals surface area contributed by atoms with Crippen molar-refractivity contribution >= 4 is 10.9 Å². The molecule has 96 valence electrons. The van der Waals surface area contributed by atoms with Crippen LogP contribution in [0.15, 0.2) is 30.5 Å². The molecule has 1 heterocycles. The summed E-state index contributed by atoms with van der Waals surface area (Å²) in [5, 5.41) is 4.26. The van der Waals surface area contributed by atoms with E-state index in [2.05, 4.69) is 16.8 Å². The first-order valence-corrected chi connectivity index (χ1v) is 6.72. The Morgan fingerprint density at radius 3 is 3.00 bits per heavy atom. The molecule has 1 saturated carbocycles. The zero-order chi connectivity index (χ0) is 12.5. The van der Waals surface area contributed by atoms with E-state index in [0.29, 0.717) is 11.4 Å². The molecule has 18 heavy (non-hydrogen) atoms. The fourth-order valence-electron chi connectivity index (χ4n) is 2.56. The van der Waals surface area contributed by atoms with Gasteiger partial charge in [-0.2, -0.15) is 0 Å². The molecule has 1 fully saturated rings. The van der Waals surface area contributed by atoms with E-state index in [1.165, 1.54) is 18.9 Å². The van der Waals surface area contributed by atoms with Gasteiger partial charge in [0.2, 0.25) is 0 Å². The van der Waals surface area contributed by atoms with Crippen molar-refractivity contribution in [1.82, 2.24) is 9.88 Å². The molecule has 1 unspecified atom stereocenters. The summed E-state index contributed by atoms with van der Waals surface area (Å²) in [7, 11) is 0. The lowest BCUT2D eigenvalue weighted by Gasteiger charge is -2.13. The molecule has 3 rings (SSSR count). The number of hydrogen-bond acceptors (Lipinski definition) is 1. The number of rotatable bonds is 5. The van der Waals surface area contributed by atoms with E-state index < -0.39 is 0 Å². The summed E-state index contributed by atoms with van der Waals surface area (Å²) in [5.74, 6) is 0.745. The first-order chi connectivity index (χ1) is 8.75. The van der Waals surface area contributed by atoms with Crippen molar-refractivity contribution < 1.29 is 4.39 Å². The quantitative estimate of drug-likeness (QED) is 0.857. The second-order valence-corrected chi connectivity index (χ2v) is 5.26. The number of nitrogens with zero attached hydrogens (tertiary/aromatic N) is 1. The van der Waals surface area contributed by atoms with Gasteiger partial charge in [0.15, 0.2) is 0 Å². The molecule has 1 aliphatic carbocycles. The van der Waals surface area contributed by atoms with Gasteiger partial charge in [-0.3, -0.25) is 0 Å². The van der Waals surface area contributed by atoms with Gasteiger partial charge in [-0.15, -0.1) is 0 Å². The summed E-state index contributed by atoms with van der Waals surface area (Å²) < 4.78 is 15.7. The van der Waals surface area contributed by atoms with Crippen LogP contribution in [0.25, 0.3) is 10.9 Å². The molecule has 0 radical (unpaired) electrons. The molecule has 0 bridgehead atoms. The summed E-state index contributed by atoms with van der Waals surface area (Å²) >= 11 is 0. The van der Waals surface area contributed by atoms with Crippen LogP contribution in [0.4, 0.5) is 4.39 Å². The predicted octanol–water partition coefficient (Wildman–Crippen LogP) is 3.17. The summed E-state index contributed by atoms with van der Waals surface area (Å²) in [6.07, 6.45) is 4.70. The van der Waals surface area contributed by atoms with Gasteiger partial charge in [-0.05, 0) is 43.9 Å². The molecule has 0 amide bonds. The van der Waals surface area contributed by atoms with Gasteiger partial charge in [0, 0.05) is 30.7 Å². The molecule has 2 nitrogen and oxygen atoms in total. The van der Waals surface area contributed by atoms with Crippen molar-refractivity contribution in [3.05, 3.63) is 36.3 Å². The van der Waals surface area contributed by atoms with E-state index in [4.69, 9.17) is 0 Å². The Hall–Kier alpha value is -1.35. The molecular formula is C15H19FN2. The Kier molecular flexibility index (Phi) is 3.08. The van der Waals surface area contributed by atoms with Crippen LogP contribution in [0.3, 0.4) is 0 Å². The van der Waals surface area contributed by atoms with Crippen molar-refractivity contribution in [1.29, 1.82) is 0 Å². The fourth-order valence-corrected chi connectivity index (χ4v) is 2.56. The van der Waals surface area contributed by atoms with Crippen molar-refractivity contribution in [2.45, 2.75) is 32.4 Å². The lowest BCUT2D eigenvalue weighted by molar-refractivity contribution is 0.478. The van der Waals surface area contributed by atoms with Crippen LogP contribution in [0.1, 0.15) is 19.8 Å². The summed E-state index contributed by atoms with van der Waals surface area (Å²) in [6.45, 7) is 4.09. The topological polar surface area (TPSA) is 17.0 Å². The van der Waals surface area contributed by atoms with Crippen LogP contribution in [0.5, 0.6) is 0 Å². The Bertz CT molecular complexity index is 542. The van der Waals surface area contributed by atoms with E-state index in [9.17, 15) is 4.39 Å². The van der Waals surface area contributed by atoms with Crippen LogP contribution in [-0.4, -0.2) is 17.2 Å². The zero-order valence-electron chi connectivity index (χ0n) is 10.7. The summed E-state index contributed by atoms with van der Waals surface area (Å²) in [6, 6.07) is 7.73. The summed E-state index contributed by atoms with van der Waals surface area (Å²) in [4.78, 5) is 0. The highest BCUT2D eigenvalue weighted by molar-refractivity contribution is 5.80. The number of halogens is 1. The highest BCUT2D eigenvalue weighted by Gasteiger charge is 2.27. The maximum atomic E-state index is 13.5. The number of benzene rings is 1. The third-order valence-electron chi connectivity index (χ3n) is 3.91. The Balaban J connectivity index is 1.65. The average Bonchev–Trinajstić information content (AvgIpc) is 3.13. The van der Waals surface area contributed by atoms with Crippen LogP contribution in [0.2, 0.25) is 0 Å². The highest BCUT2D eigenvalue weighted by Crippen LogP contribution is 2.32. The van der Waals surface area contributed by atoms with Gasteiger partial charge < -0.3 is 9.88 Å². The van der Waals surface area contributed by atoms with Crippen LogP contribution in [-0.2, 0) is 6.54 Å². The second-order valence-electron chi connectivity index (χ2n) is 5.26. The fraction of sp³-hybridized carbons (Fsp3) is 0.467. The highest BCUT2D eigenvalue weighted by atomic mass is 19.1. The number of hydrogen-bond donors (Lipinski definition) is 1. The molecule has 0 saturated heterocycles. The Morgan fingerprint density at radius 1 is 1.39 bits per heavy atom. The molecule has 3 heteroatoms. The minimum atomic E-state index is -0.134. The first kappa shape index (κ1) is 11.7.